The third kappa shape index (κ3) is 2.74. The van der Waals surface area contributed by atoms with Gasteiger partial charge >= 0.3 is 0 Å². The van der Waals surface area contributed by atoms with E-state index in [4.69, 9.17) is 0 Å². The van der Waals surface area contributed by atoms with E-state index in [0.717, 1.165) is 16.8 Å². The molecule has 29 heavy (non-hydrogen) atoms. The molecule has 0 radical (unpaired) electrons. The molecule has 0 aliphatic carbocycles. The van der Waals surface area contributed by atoms with Gasteiger partial charge in [0.25, 0.3) is 5.01 Å². The van der Waals surface area contributed by atoms with Crippen LogP contribution in [0.3, 0.4) is 0 Å². The molecule has 0 saturated heterocycles. The lowest BCUT2D eigenvalue weighted by Crippen LogP contribution is -2.33. The molecule has 1 aliphatic heterocycles. The van der Waals surface area contributed by atoms with Gasteiger partial charge in [-0.25, -0.2) is 0 Å². The second-order valence-electron chi connectivity index (χ2n) is 7.83. The summed E-state index contributed by atoms with van der Waals surface area (Å²) >= 11 is 3.25. The van der Waals surface area contributed by atoms with Crippen LogP contribution in [0.5, 0.6) is 0 Å². The summed E-state index contributed by atoms with van der Waals surface area (Å²) in [6.07, 6.45) is 6.66. The van der Waals surface area contributed by atoms with Crippen LogP contribution in [0.1, 0.15) is 31.3 Å². The number of hydrogen-bond acceptors (Lipinski definition) is 5. The number of aryl methyl sites for hydroxylation is 1. The molecule has 5 rings (SSSR count). The molecule has 0 fully saturated rings. The first-order valence-corrected chi connectivity index (χ1v) is 11.4. The van der Waals surface area contributed by atoms with Crippen molar-refractivity contribution in [1.82, 2.24) is 9.59 Å². The van der Waals surface area contributed by atoms with Gasteiger partial charge in [0.05, 0.1) is 4.70 Å². The van der Waals surface area contributed by atoms with Crippen molar-refractivity contribution in [3.8, 4) is 0 Å². The van der Waals surface area contributed by atoms with Crippen LogP contribution >= 0.6 is 22.9 Å². The molecule has 0 amide bonds. The quantitative estimate of drug-likeness (QED) is 0.409. The lowest BCUT2D eigenvalue weighted by atomic mass is 9.84. The van der Waals surface area contributed by atoms with Gasteiger partial charge in [-0.2, -0.15) is 4.57 Å². The van der Waals surface area contributed by atoms with E-state index in [2.05, 4.69) is 101 Å². The van der Waals surface area contributed by atoms with E-state index in [1.165, 1.54) is 43.7 Å². The molecular weight excluding hydrogens is 396 g/mol. The van der Waals surface area contributed by atoms with Crippen molar-refractivity contribution in [3.63, 3.8) is 0 Å². The standard InChI is InChI=1S/C23H23N4S2/c1-5-27-17-13-14-18-21(24-25-29-18)22(17)28-20(27)12-8-11-19-23(2,3)15-9-6-7-10-16(15)26(19)4/h6-14H,5H2,1-4H3/q+1. The van der Waals surface area contributed by atoms with Crippen LogP contribution in [0.2, 0.25) is 0 Å². The highest BCUT2D eigenvalue weighted by molar-refractivity contribution is 7.21. The van der Waals surface area contributed by atoms with Gasteiger partial charge < -0.3 is 4.90 Å². The molecule has 0 saturated carbocycles. The Balaban J connectivity index is 1.56. The van der Waals surface area contributed by atoms with Crippen LogP contribution in [0.4, 0.5) is 5.69 Å². The van der Waals surface area contributed by atoms with Gasteiger partial charge in [0, 0.05) is 36.0 Å². The van der Waals surface area contributed by atoms with E-state index in [1.54, 1.807) is 11.3 Å². The minimum Gasteiger partial charge on any atom is -0.347 e. The predicted molar refractivity (Wildman–Crippen MR) is 124 cm³/mol. The van der Waals surface area contributed by atoms with Crippen molar-refractivity contribution in [3.05, 3.63) is 64.8 Å². The third-order valence-corrected chi connectivity index (χ3v) is 7.73. The highest BCUT2D eigenvalue weighted by Crippen LogP contribution is 2.46. The van der Waals surface area contributed by atoms with Gasteiger partial charge in [-0.3, -0.25) is 0 Å². The number of anilines is 1. The lowest BCUT2D eigenvalue weighted by molar-refractivity contribution is -0.665. The first-order chi connectivity index (χ1) is 14.0. The number of aromatic nitrogens is 3. The average molecular weight is 420 g/mol. The van der Waals surface area contributed by atoms with E-state index in [0.29, 0.717) is 0 Å². The van der Waals surface area contributed by atoms with Crippen molar-refractivity contribution < 1.29 is 4.57 Å². The fourth-order valence-electron chi connectivity index (χ4n) is 4.38. The molecule has 4 nitrogen and oxygen atoms in total. The number of allylic oxidation sites excluding steroid dienone is 3. The topological polar surface area (TPSA) is 32.9 Å². The van der Waals surface area contributed by atoms with Crippen LogP contribution in [0.25, 0.3) is 26.5 Å². The second kappa shape index (κ2) is 6.75. The molecule has 2 aromatic heterocycles. The van der Waals surface area contributed by atoms with Gasteiger partial charge in [-0.1, -0.05) is 53.9 Å². The number of nitrogens with zero attached hydrogens (tertiary/aromatic N) is 4. The molecule has 4 aromatic rings. The maximum atomic E-state index is 4.35. The van der Waals surface area contributed by atoms with Crippen LogP contribution < -0.4 is 9.47 Å². The van der Waals surface area contributed by atoms with Crippen LogP contribution in [0.15, 0.2) is 54.2 Å². The largest absolute Gasteiger partial charge is 0.347 e. The van der Waals surface area contributed by atoms with Crippen molar-refractivity contribution >= 4 is 55.1 Å². The number of likely N-dealkylation sites (N-methyl/N-ethyl adjacent to an activating group) is 1. The normalized spacial score (nSPS) is 17.2. The van der Waals surface area contributed by atoms with E-state index in [-0.39, 0.29) is 5.41 Å². The molecule has 0 N–H and O–H groups in total. The number of benzene rings is 2. The molecule has 0 spiro atoms. The SMILES string of the molecule is CC[n+]1c(/C=C/C=C2\N(C)c3ccccc3C2(C)C)sc2c3nnsc3ccc21. The van der Waals surface area contributed by atoms with Gasteiger partial charge in [0.1, 0.15) is 16.8 Å². The molecular formula is C23H23N4S2+. The Kier molecular flexibility index (Phi) is 4.29. The van der Waals surface area contributed by atoms with Gasteiger partial charge in [-0.15, -0.1) is 5.10 Å². The molecule has 2 aromatic carbocycles. The van der Waals surface area contributed by atoms with E-state index < -0.39 is 0 Å². The molecule has 3 heterocycles. The van der Waals surface area contributed by atoms with E-state index in [1.807, 2.05) is 0 Å². The summed E-state index contributed by atoms with van der Waals surface area (Å²) in [4.78, 5) is 2.31. The Bertz CT molecular complexity index is 1290. The first-order valence-electron chi connectivity index (χ1n) is 9.82. The molecule has 146 valence electrons. The number of para-hydroxylation sites is 1. The first kappa shape index (κ1) is 18.5. The lowest BCUT2D eigenvalue weighted by Gasteiger charge is -2.23. The number of hydrogen-bond donors (Lipinski definition) is 0. The number of rotatable bonds is 3. The highest BCUT2D eigenvalue weighted by Gasteiger charge is 2.37. The van der Waals surface area contributed by atoms with Crippen molar-refractivity contribution in [2.75, 3.05) is 11.9 Å². The smallest absolute Gasteiger partial charge is 0.262 e. The zero-order chi connectivity index (χ0) is 20.2. The van der Waals surface area contributed by atoms with Crippen LogP contribution in [-0.4, -0.2) is 16.6 Å². The summed E-state index contributed by atoms with van der Waals surface area (Å²) in [6, 6.07) is 13.0. The number of thiazole rings is 1. The van der Waals surface area contributed by atoms with E-state index in [9.17, 15) is 0 Å². The van der Waals surface area contributed by atoms with Crippen molar-refractivity contribution in [1.29, 1.82) is 0 Å². The van der Waals surface area contributed by atoms with Gasteiger partial charge in [0.15, 0.2) is 0 Å². The summed E-state index contributed by atoms with van der Waals surface area (Å²) in [6.45, 7) is 7.71. The molecule has 0 bridgehead atoms. The Hall–Kier alpha value is -2.57. The Morgan fingerprint density at radius 1 is 1.17 bits per heavy atom. The summed E-state index contributed by atoms with van der Waals surface area (Å²) in [7, 11) is 2.16. The summed E-state index contributed by atoms with van der Waals surface area (Å²) in [5, 5.41) is 5.59. The third-order valence-electron chi connectivity index (χ3n) is 5.87. The minimum absolute atomic E-state index is 0.00495. The molecule has 0 unspecified atom stereocenters. The minimum atomic E-state index is -0.00495. The Labute approximate surface area is 178 Å². The van der Waals surface area contributed by atoms with Crippen molar-refractivity contribution in [2.45, 2.75) is 32.7 Å². The van der Waals surface area contributed by atoms with Crippen molar-refractivity contribution in [2.24, 2.45) is 0 Å². The maximum absolute atomic E-state index is 4.35. The molecule has 1 aliphatic rings. The van der Waals surface area contributed by atoms with Crippen LogP contribution in [0, 0.1) is 0 Å². The predicted octanol–water partition coefficient (Wildman–Crippen LogP) is 5.54. The fourth-order valence-corrected chi connectivity index (χ4v) is 6.24. The van der Waals surface area contributed by atoms with Crippen LogP contribution in [-0.2, 0) is 12.0 Å². The summed E-state index contributed by atoms with van der Waals surface area (Å²) < 4.78 is 8.85. The Morgan fingerprint density at radius 3 is 2.79 bits per heavy atom. The summed E-state index contributed by atoms with van der Waals surface area (Å²) in [5.74, 6) is 0. The number of fused-ring (bicyclic) bond motifs is 4. The van der Waals surface area contributed by atoms with E-state index >= 15 is 0 Å². The average Bonchev–Trinajstić information content (AvgIpc) is 3.38. The molecule has 6 heteroatoms. The highest BCUT2D eigenvalue weighted by atomic mass is 32.1. The maximum Gasteiger partial charge on any atom is 0.262 e. The zero-order valence-electron chi connectivity index (χ0n) is 17.0. The van der Waals surface area contributed by atoms with Gasteiger partial charge in [-0.05, 0) is 42.2 Å². The Morgan fingerprint density at radius 2 is 2.00 bits per heavy atom. The molecule has 0 atom stereocenters. The monoisotopic (exact) mass is 419 g/mol. The zero-order valence-corrected chi connectivity index (χ0v) is 18.6. The second-order valence-corrected chi connectivity index (χ2v) is 9.65. The fraction of sp³-hybridized carbons (Fsp3) is 0.261. The summed E-state index contributed by atoms with van der Waals surface area (Å²) in [5.41, 5.74) is 6.23. The van der Waals surface area contributed by atoms with Gasteiger partial charge in [0.2, 0.25) is 5.52 Å².